The molecule has 1 N–H and O–H groups in total. The van der Waals surface area contributed by atoms with Gasteiger partial charge >= 0.3 is 0 Å². The topological polar surface area (TPSA) is 32.9 Å². The average molecular weight is 328 g/mol. The van der Waals surface area contributed by atoms with Crippen LogP contribution in [0.25, 0.3) is 22.0 Å². The molecule has 20 heavy (non-hydrogen) atoms. The van der Waals surface area contributed by atoms with Gasteiger partial charge in [-0.15, -0.1) is 0 Å². The third kappa shape index (κ3) is 2.18. The first kappa shape index (κ1) is 13.1. The lowest BCUT2D eigenvalue weighted by atomic mass is 10.0. The van der Waals surface area contributed by atoms with E-state index in [1.165, 1.54) is 11.1 Å². The second kappa shape index (κ2) is 4.91. The van der Waals surface area contributed by atoms with Crippen LogP contribution in [0.3, 0.4) is 0 Å². The lowest BCUT2D eigenvalue weighted by molar-refractivity contribution is 1.26. The number of aromatic amines is 1. The molecule has 0 aliphatic heterocycles. The Kier molecular flexibility index (Phi) is 3.22. The molecule has 3 heteroatoms. The number of rotatable bonds is 1. The van der Waals surface area contributed by atoms with Gasteiger partial charge < -0.3 is 4.98 Å². The van der Waals surface area contributed by atoms with Gasteiger partial charge in [0.1, 0.15) is 0 Å². The molecule has 0 saturated heterocycles. The number of benzene rings is 2. The second-order valence-corrected chi connectivity index (χ2v) is 5.87. The zero-order valence-electron chi connectivity index (χ0n) is 11.3. The highest BCUT2D eigenvalue weighted by molar-refractivity contribution is 9.10. The molecule has 3 aromatic rings. The van der Waals surface area contributed by atoms with E-state index in [4.69, 9.17) is 0 Å². The van der Waals surface area contributed by atoms with Gasteiger partial charge in [0.25, 0.3) is 5.56 Å². The maximum atomic E-state index is 12.3. The molecule has 0 amide bonds. The van der Waals surface area contributed by atoms with Crippen LogP contribution in [0, 0.1) is 13.8 Å². The van der Waals surface area contributed by atoms with E-state index in [9.17, 15) is 4.79 Å². The molecule has 1 aromatic heterocycles. The molecule has 2 nitrogen and oxygen atoms in total. The van der Waals surface area contributed by atoms with E-state index >= 15 is 0 Å². The number of H-pyrrole nitrogens is 1. The van der Waals surface area contributed by atoms with E-state index in [1.54, 1.807) is 0 Å². The third-order valence-corrected chi connectivity index (χ3v) is 4.30. The van der Waals surface area contributed by atoms with Gasteiger partial charge in [-0.2, -0.15) is 0 Å². The number of aromatic nitrogens is 1. The van der Waals surface area contributed by atoms with E-state index in [-0.39, 0.29) is 5.56 Å². The molecule has 0 radical (unpaired) electrons. The summed E-state index contributed by atoms with van der Waals surface area (Å²) in [6.07, 6.45) is 0. The fraction of sp³-hybridized carbons (Fsp3) is 0.118. The van der Waals surface area contributed by atoms with Gasteiger partial charge in [-0.05, 0) is 70.1 Å². The summed E-state index contributed by atoms with van der Waals surface area (Å²) in [6, 6.07) is 14.0. The summed E-state index contributed by atoms with van der Waals surface area (Å²) in [5.74, 6) is 0. The van der Waals surface area contributed by atoms with Gasteiger partial charge in [-0.3, -0.25) is 4.79 Å². The minimum Gasteiger partial charge on any atom is -0.321 e. The molecule has 0 atom stereocenters. The standard InChI is InChI=1S/C17H14BrNO/c1-10-6-7-12(8-11(10)2)15-9-13-4-3-5-14(18)16(13)17(20)19-15/h3-9H,1-2H3,(H,19,20). The predicted octanol–water partition coefficient (Wildman–Crippen LogP) is 4.57. The van der Waals surface area contributed by atoms with Crippen LogP contribution in [-0.2, 0) is 0 Å². The van der Waals surface area contributed by atoms with Gasteiger partial charge in [0.15, 0.2) is 0 Å². The zero-order valence-corrected chi connectivity index (χ0v) is 12.9. The Balaban J connectivity index is 2.27. The summed E-state index contributed by atoms with van der Waals surface area (Å²) >= 11 is 3.43. The summed E-state index contributed by atoms with van der Waals surface area (Å²) < 4.78 is 0.822. The Hall–Kier alpha value is -1.87. The van der Waals surface area contributed by atoms with Crippen LogP contribution in [-0.4, -0.2) is 4.98 Å². The fourth-order valence-electron chi connectivity index (χ4n) is 2.34. The molecule has 2 aromatic carbocycles. The van der Waals surface area contributed by atoms with E-state index in [0.717, 1.165) is 21.1 Å². The summed E-state index contributed by atoms with van der Waals surface area (Å²) in [6.45, 7) is 4.16. The van der Waals surface area contributed by atoms with Crippen LogP contribution in [0.5, 0.6) is 0 Å². The maximum Gasteiger partial charge on any atom is 0.257 e. The van der Waals surface area contributed by atoms with Gasteiger partial charge in [-0.1, -0.05) is 24.3 Å². The van der Waals surface area contributed by atoms with Crippen LogP contribution < -0.4 is 5.56 Å². The highest BCUT2D eigenvalue weighted by Crippen LogP contribution is 2.25. The van der Waals surface area contributed by atoms with Crippen molar-refractivity contribution in [3.8, 4) is 11.3 Å². The summed E-state index contributed by atoms with van der Waals surface area (Å²) in [5, 5.41) is 1.64. The molecule has 1 heterocycles. The van der Waals surface area contributed by atoms with Crippen molar-refractivity contribution in [2.45, 2.75) is 13.8 Å². The Bertz CT molecular complexity index is 864. The number of pyridine rings is 1. The molecular weight excluding hydrogens is 314 g/mol. The smallest absolute Gasteiger partial charge is 0.257 e. The minimum absolute atomic E-state index is 0.0665. The Morgan fingerprint density at radius 3 is 2.55 bits per heavy atom. The van der Waals surface area contributed by atoms with E-state index in [1.807, 2.05) is 30.3 Å². The Morgan fingerprint density at radius 1 is 1.00 bits per heavy atom. The number of nitrogens with one attached hydrogen (secondary N) is 1. The first-order chi connectivity index (χ1) is 9.56. The number of fused-ring (bicyclic) bond motifs is 1. The van der Waals surface area contributed by atoms with E-state index in [0.29, 0.717) is 5.39 Å². The van der Waals surface area contributed by atoms with Crippen LogP contribution >= 0.6 is 15.9 Å². The molecule has 0 fully saturated rings. The van der Waals surface area contributed by atoms with Crippen molar-refractivity contribution in [2.75, 3.05) is 0 Å². The van der Waals surface area contributed by atoms with Crippen molar-refractivity contribution in [1.82, 2.24) is 4.98 Å². The Labute approximate surface area is 125 Å². The van der Waals surface area contributed by atoms with Crippen LogP contribution in [0.15, 0.2) is 51.7 Å². The van der Waals surface area contributed by atoms with E-state index < -0.39 is 0 Å². The summed E-state index contributed by atoms with van der Waals surface area (Å²) in [7, 11) is 0. The Morgan fingerprint density at radius 2 is 1.80 bits per heavy atom. The second-order valence-electron chi connectivity index (χ2n) is 5.02. The monoisotopic (exact) mass is 327 g/mol. The number of halogens is 1. The maximum absolute atomic E-state index is 12.3. The molecule has 3 rings (SSSR count). The largest absolute Gasteiger partial charge is 0.321 e. The molecule has 100 valence electrons. The van der Waals surface area contributed by atoms with Crippen molar-refractivity contribution in [3.05, 3.63) is 68.4 Å². The molecule has 0 spiro atoms. The fourth-order valence-corrected chi connectivity index (χ4v) is 2.90. The van der Waals surface area contributed by atoms with Gasteiger partial charge in [0.05, 0.1) is 5.39 Å². The van der Waals surface area contributed by atoms with Gasteiger partial charge in [-0.25, -0.2) is 0 Å². The lowest BCUT2D eigenvalue weighted by Gasteiger charge is -2.07. The predicted molar refractivity (Wildman–Crippen MR) is 87.2 cm³/mol. The van der Waals surface area contributed by atoms with E-state index in [2.05, 4.69) is 46.9 Å². The van der Waals surface area contributed by atoms with Gasteiger partial charge in [0.2, 0.25) is 0 Å². The van der Waals surface area contributed by atoms with Crippen LogP contribution in [0.4, 0.5) is 0 Å². The molecule has 0 bridgehead atoms. The van der Waals surface area contributed by atoms with Gasteiger partial charge in [0, 0.05) is 10.2 Å². The first-order valence-electron chi connectivity index (χ1n) is 6.45. The zero-order chi connectivity index (χ0) is 14.3. The SMILES string of the molecule is Cc1ccc(-c2cc3cccc(Br)c3c(=O)[nH]2)cc1C. The average Bonchev–Trinajstić information content (AvgIpc) is 2.41. The first-order valence-corrected chi connectivity index (χ1v) is 7.25. The molecule has 0 aliphatic carbocycles. The lowest BCUT2D eigenvalue weighted by Crippen LogP contribution is -2.07. The van der Waals surface area contributed by atoms with Crippen molar-refractivity contribution >= 4 is 26.7 Å². The number of aryl methyl sites for hydroxylation is 2. The highest BCUT2D eigenvalue weighted by atomic mass is 79.9. The highest BCUT2D eigenvalue weighted by Gasteiger charge is 2.07. The number of hydrogen-bond donors (Lipinski definition) is 1. The normalized spacial score (nSPS) is 10.9. The van der Waals surface area contributed by atoms with Crippen molar-refractivity contribution in [2.24, 2.45) is 0 Å². The van der Waals surface area contributed by atoms with Crippen LogP contribution in [0.1, 0.15) is 11.1 Å². The molecular formula is C17H14BrNO. The minimum atomic E-state index is -0.0665. The molecule has 0 unspecified atom stereocenters. The van der Waals surface area contributed by atoms with Crippen molar-refractivity contribution in [1.29, 1.82) is 0 Å². The molecule has 0 saturated carbocycles. The summed E-state index contributed by atoms with van der Waals surface area (Å²) in [5.41, 5.74) is 4.29. The quantitative estimate of drug-likeness (QED) is 0.697. The van der Waals surface area contributed by atoms with Crippen molar-refractivity contribution < 1.29 is 0 Å². The third-order valence-electron chi connectivity index (χ3n) is 3.64. The number of hydrogen-bond acceptors (Lipinski definition) is 1. The molecule has 0 aliphatic rings. The van der Waals surface area contributed by atoms with Crippen molar-refractivity contribution in [3.63, 3.8) is 0 Å². The summed E-state index contributed by atoms with van der Waals surface area (Å²) in [4.78, 5) is 15.2. The van der Waals surface area contributed by atoms with Crippen LogP contribution in [0.2, 0.25) is 0 Å².